The first-order valence-corrected chi connectivity index (χ1v) is 3.26. The Morgan fingerprint density at radius 3 is 1.80 bits per heavy atom. The maximum atomic E-state index is 9.70. The van der Waals surface area contributed by atoms with Crippen LogP contribution in [-0.4, -0.2) is 24.6 Å². The van der Waals surface area contributed by atoms with E-state index in [4.69, 9.17) is 4.55 Å². The quantitative estimate of drug-likeness (QED) is 0.356. The molecule has 0 aliphatic carbocycles. The fraction of sp³-hybridized carbons (Fsp3) is 0.500. The van der Waals surface area contributed by atoms with Gasteiger partial charge in [-0.3, -0.25) is 9.35 Å². The van der Waals surface area contributed by atoms with Gasteiger partial charge in [0, 0.05) is 0 Å². The van der Waals surface area contributed by atoms with E-state index >= 15 is 0 Å². The van der Waals surface area contributed by atoms with Crippen LogP contribution in [0.25, 0.3) is 0 Å². The molecule has 0 aliphatic rings. The van der Waals surface area contributed by atoms with Crippen LogP contribution in [0.15, 0.2) is 0 Å². The second-order valence-electron chi connectivity index (χ2n) is 1.19. The second kappa shape index (κ2) is 8.26. The van der Waals surface area contributed by atoms with Gasteiger partial charge in [-0.2, -0.15) is 8.42 Å². The van der Waals surface area contributed by atoms with E-state index in [-0.39, 0.29) is 106 Å². The largest absolute Gasteiger partial charge is 1.00 e. The maximum Gasteiger partial charge on any atom is 1.00 e. The molecule has 0 saturated heterocycles. The molecule has 0 bridgehead atoms. The van der Waals surface area contributed by atoms with Crippen LogP contribution in [0, 0.1) is 0 Å². The maximum absolute atomic E-state index is 9.70. The molecule has 52 valence electrons. The van der Waals surface area contributed by atoms with E-state index in [9.17, 15) is 13.2 Å². The molecule has 5 nitrogen and oxygen atoms in total. The molecule has 3 N–H and O–H groups in total. The first kappa shape index (κ1) is 18.4. The van der Waals surface area contributed by atoms with Gasteiger partial charge in [-0.15, -0.1) is 0 Å². The van der Waals surface area contributed by atoms with Crippen molar-refractivity contribution in [2.24, 2.45) is 5.73 Å². The summed E-state index contributed by atoms with van der Waals surface area (Å²) < 4.78 is 27.3. The molecule has 8 heteroatoms. The summed E-state index contributed by atoms with van der Waals surface area (Å²) in [4.78, 5) is 9.70. The van der Waals surface area contributed by atoms with Crippen molar-refractivity contribution < 1.29 is 123 Å². The summed E-state index contributed by atoms with van der Waals surface area (Å²) in [6.07, 6.45) is 0. The number of carbonyl (C=O) groups excluding carboxylic acids is 1. The molecular weight excluding hydrogens is 212 g/mol. The molecule has 0 aromatic heterocycles. The summed E-state index contributed by atoms with van der Waals surface area (Å²) in [6.45, 7) is 0. The van der Waals surface area contributed by atoms with Crippen molar-refractivity contribution in [2.75, 3.05) is 5.75 Å². The van der Waals surface area contributed by atoms with Crippen LogP contribution in [0.2, 0.25) is 0 Å². The van der Waals surface area contributed by atoms with Crippen LogP contribution in [0.5, 0.6) is 0 Å². The molecule has 0 unspecified atom stereocenters. The molecule has 10 heavy (non-hydrogen) atoms. The second-order valence-corrected chi connectivity index (χ2v) is 2.65. The van der Waals surface area contributed by atoms with Crippen molar-refractivity contribution in [2.45, 2.75) is 0 Å². The Morgan fingerprint density at radius 1 is 1.50 bits per heavy atom. The minimum atomic E-state index is -4.20. The predicted molar refractivity (Wildman–Crippen MR) is 27.8 cm³/mol. The van der Waals surface area contributed by atoms with E-state index in [1.54, 1.807) is 0 Å². The number of rotatable bonds is 2. The molecule has 0 heterocycles. The van der Waals surface area contributed by atoms with Gasteiger partial charge in [0.1, 0.15) is 0 Å². The van der Waals surface area contributed by atoms with Crippen molar-refractivity contribution in [1.82, 2.24) is 0 Å². The van der Waals surface area contributed by atoms with Gasteiger partial charge in [0.15, 0.2) is 5.75 Å². The third kappa shape index (κ3) is 16.9. The Balaban J connectivity index is -0.0000000408. The fourth-order valence-electron chi connectivity index (χ4n) is 0.180. The molecule has 0 fully saturated rings. The van der Waals surface area contributed by atoms with E-state index in [0.29, 0.717) is 0 Å². The van der Waals surface area contributed by atoms with Gasteiger partial charge in [-0.1, -0.05) is 0 Å². The number of hydrogen-bond donors (Lipinski definition) is 2. The zero-order valence-corrected chi connectivity index (χ0v) is 12.9. The molecule has 0 aromatic rings. The van der Waals surface area contributed by atoms with Crippen LogP contribution in [0.4, 0.5) is 0 Å². The molecule has 0 rings (SSSR count). The number of amides is 1. The van der Waals surface area contributed by atoms with E-state index in [1.807, 2.05) is 0 Å². The smallest absolute Gasteiger partial charge is 1.00 e. The van der Waals surface area contributed by atoms with Crippen molar-refractivity contribution in [3.8, 4) is 0 Å². The molecule has 0 atom stereocenters. The van der Waals surface area contributed by atoms with Crippen molar-refractivity contribution >= 4 is 16.0 Å². The van der Waals surface area contributed by atoms with Crippen molar-refractivity contribution in [3.63, 3.8) is 0 Å². The SMILES string of the molecule is NC(=O)CS(=O)(=O)O.[H-].[H-].[K+].[K+]. The normalized spacial score (nSPS) is 8.90. The number of nitrogens with two attached hydrogens (primary N) is 1. The van der Waals surface area contributed by atoms with Crippen LogP contribution < -0.4 is 109 Å². The van der Waals surface area contributed by atoms with Gasteiger partial charge in [-0.25, -0.2) is 0 Å². The zero-order chi connectivity index (χ0) is 6.78. The topological polar surface area (TPSA) is 97.5 Å². The Labute approximate surface area is 147 Å². The molecule has 0 spiro atoms. The number of hydrogen-bond acceptors (Lipinski definition) is 3. The first-order valence-electron chi connectivity index (χ1n) is 1.65. The summed E-state index contributed by atoms with van der Waals surface area (Å²) >= 11 is 0. The predicted octanol–water partition coefficient (Wildman–Crippen LogP) is -7.41. The summed E-state index contributed by atoms with van der Waals surface area (Å²) in [6, 6.07) is 0. The molecule has 0 radical (unpaired) electrons. The Hall–Kier alpha value is 2.65. The summed E-state index contributed by atoms with van der Waals surface area (Å²) in [5.41, 5.74) is 4.40. The minimum Gasteiger partial charge on any atom is -1.00 e. The number of carbonyl (C=O) groups is 1. The van der Waals surface area contributed by atoms with E-state index in [2.05, 4.69) is 5.73 Å². The monoisotopic (exact) mass is 219 g/mol. The Morgan fingerprint density at radius 2 is 1.80 bits per heavy atom. The summed E-state index contributed by atoms with van der Waals surface area (Å²) in [5, 5.41) is 0. The molecule has 0 aliphatic heterocycles. The minimum absolute atomic E-state index is 0. The van der Waals surface area contributed by atoms with Crippen LogP contribution in [0.1, 0.15) is 2.85 Å². The third-order valence-corrected chi connectivity index (χ3v) is 0.974. The average Bonchev–Trinajstić information content (AvgIpc) is 1.21. The third-order valence-electron chi connectivity index (χ3n) is 0.325. The first-order chi connectivity index (χ1) is 3.42. The van der Waals surface area contributed by atoms with Crippen molar-refractivity contribution in [1.29, 1.82) is 0 Å². The van der Waals surface area contributed by atoms with Crippen molar-refractivity contribution in [3.05, 3.63) is 0 Å². The average molecular weight is 219 g/mol. The Bertz CT molecular complexity index is 195. The van der Waals surface area contributed by atoms with E-state index < -0.39 is 21.8 Å². The van der Waals surface area contributed by atoms with Crippen LogP contribution in [-0.2, 0) is 14.9 Å². The van der Waals surface area contributed by atoms with Gasteiger partial charge in [0.2, 0.25) is 5.91 Å². The molecule has 0 aromatic carbocycles. The van der Waals surface area contributed by atoms with Gasteiger partial charge in [-0.05, 0) is 0 Å². The standard InChI is InChI=1S/C2H5NO4S.2K.2H/c3-2(4)1-8(5,6)7;;;;/h1H2,(H2,3,4)(H,5,6,7);;;;/q;2*+1;2*-1. The fourth-order valence-corrected chi connectivity index (χ4v) is 0.539. The molecule has 1 amide bonds. The zero-order valence-electron chi connectivity index (χ0n) is 7.86. The molecule has 0 saturated carbocycles. The van der Waals surface area contributed by atoms with E-state index in [1.165, 1.54) is 0 Å². The summed E-state index contributed by atoms with van der Waals surface area (Å²) in [7, 11) is -4.20. The van der Waals surface area contributed by atoms with Crippen LogP contribution >= 0.6 is 0 Å². The number of primary amides is 1. The van der Waals surface area contributed by atoms with Gasteiger partial charge < -0.3 is 8.59 Å². The van der Waals surface area contributed by atoms with Crippen LogP contribution in [0.3, 0.4) is 0 Å². The van der Waals surface area contributed by atoms with Gasteiger partial charge in [0.25, 0.3) is 10.1 Å². The summed E-state index contributed by atoms with van der Waals surface area (Å²) in [5.74, 6) is -2.07. The van der Waals surface area contributed by atoms with Gasteiger partial charge >= 0.3 is 103 Å². The van der Waals surface area contributed by atoms with Gasteiger partial charge in [0.05, 0.1) is 0 Å². The Kier molecular flexibility index (Phi) is 15.2. The van der Waals surface area contributed by atoms with E-state index in [0.717, 1.165) is 0 Å². The molecular formula is C2H7K2NO4S.